The maximum absolute atomic E-state index is 10.7. The minimum Gasteiger partial charge on any atom is -0.478 e. The van der Waals surface area contributed by atoms with Crippen LogP contribution in [-0.4, -0.2) is 11.1 Å². The van der Waals surface area contributed by atoms with Crippen LogP contribution in [0.5, 0.6) is 0 Å². The normalized spacial score (nSPS) is 9.31. The minimum absolute atomic E-state index is 0.00694. The van der Waals surface area contributed by atoms with Gasteiger partial charge >= 0.3 is 5.97 Å². The smallest absolute Gasteiger partial charge is 0.337 e. The molecule has 0 unspecified atom stereocenters. The van der Waals surface area contributed by atoms with Gasteiger partial charge in [0.25, 0.3) is 0 Å². The van der Waals surface area contributed by atoms with Gasteiger partial charge in [-0.1, -0.05) is 0 Å². The first-order chi connectivity index (χ1) is 6.06. The summed E-state index contributed by atoms with van der Waals surface area (Å²) in [6.45, 7) is 1.69. The molecule has 0 saturated carbocycles. The maximum Gasteiger partial charge on any atom is 0.337 e. The van der Waals surface area contributed by atoms with Crippen molar-refractivity contribution in [1.82, 2.24) is 0 Å². The second-order valence-electron chi connectivity index (χ2n) is 2.60. The fourth-order valence-corrected chi connectivity index (χ4v) is 1.41. The van der Waals surface area contributed by atoms with E-state index in [0.717, 1.165) is 0 Å². The van der Waals surface area contributed by atoms with Crippen molar-refractivity contribution in [2.45, 2.75) is 11.8 Å². The van der Waals surface area contributed by atoms with E-state index in [0.29, 0.717) is 10.5 Å². The molecule has 0 bridgehead atoms. The van der Waals surface area contributed by atoms with Crippen molar-refractivity contribution in [3.05, 3.63) is 28.8 Å². The molecule has 66 valence electrons. The van der Waals surface area contributed by atoms with Crippen LogP contribution >= 0.6 is 12.6 Å². The number of nitrogens with zero attached hydrogens (tertiary/aromatic N) is 1. The molecule has 0 aliphatic carbocycles. The first kappa shape index (κ1) is 9.62. The van der Waals surface area contributed by atoms with Crippen molar-refractivity contribution < 1.29 is 9.90 Å². The molecule has 1 rings (SSSR count). The van der Waals surface area contributed by atoms with Crippen LogP contribution in [0.3, 0.4) is 0 Å². The predicted molar refractivity (Wildman–Crippen MR) is 50.1 cm³/mol. The van der Waals surface area contributed by atoms with Crippen molar-refractivity contribution in [2.75, 3.05) is 0 Å². The molecule has 0 aromatic heterocycles. The molecule has 0 fully saturated rings. The Balaban J connectivity index is 3.50. The van der Waals surface area contributed by atoms with E-state index in [1.54, 1.807) is 13.0 Å². The second-order valence-corrected chi connectivity index (χ2v) is 3.12. The van der Waals surface area contributed by atoms with Gasteiger partial charge in [-0.15, -0.1) is 12.6 Å². The second kappa shape index (κ2) is 3.50. The van der Waals surface area contributed by atoms with Gasteiger partial charge in [-0.25, -0.2) is 4.79 Å². The van der Waals surface area contributed by atoms with Crippen LogP contribution in [0.1, 0.15) is 21.5 Å². The topological polar surface area (TPSA) is 61.1 Å². The van der Waals surface area contributed by atoms with Crippen LogP contribution in [0.2, 0.25) is 0 Å². The maximum atomic E-state index is 10.7. The molecule has 13 heavy (non-hydrogen) atoms. The Morgan fingerprint density at radius 1 is 1.62 bits per heavy atom. The van der Waals surface area contributed by atoms with Crippen LogP contribution in [-0.2, 0) is 0 Å². The third-order valence-corrected chi connectivity index (χ3v) is 1.92. The highest BCUT2D eigenvalue weighted by Gasteiger charge is 2.12. The van der Waals surface area contributed by atoms with Crippen LogP contribution in [0.4, 0.5) is 0 Å². The van der Waals surface area contributed by atoms with Gasteiger partial charge in [-0.2, -0.15) is 5.26 Å². The number of benzene rings is 1. The van der Waals surface area contributed by atoms with Gasteiger partial charge in [-0.3, -0.25) is 0 Å². The fraction of sp³-hybridized carbons (Fsp3) is 0.111. The Hall–Kier alpha value is -1.47. The molecule has 3 nitrogen and oxygen atoms in total. The lowest BCUT2D eigenvalue weighted by Crippen LogP contribution is -2.02. The van der Waals surface area contributed by atoms with E-state index >= 15 is 0 Å². The Morgan fingerprint density at radius 2 is 2.23 bits per heavy atom. The number of aromatic carboxylic acids is 1. The molecule has 1 aromatic rings. The van der Waals surface area contributed by atoms with E-state index in [9.17, 15) is 4.79 Å². The summed E-state index contributed by atoms with van der Waals surface area (Å²) in [7, 11) is 0. The summed E-state index contributed by atoms with van der Waals surface area (Å²) >= 11 is 4.03. The first-order valence-corrected chi connectivity index (χ1v) is 3.98. The molecule has 0 aliphatic heterocycles. The summed E-state index contributed by atoms with van der Waals surface area (Å²) in [6.07, 6.45) is 0. The first-order valence-electron chi connectivity index (χ1n) is 3.53. The van der Waals surface area contributed by atoms with Gasteiger partial charge in [0, 0.05) is 4.90 Å². The molecular formula is C9H7NO2S. The number of hydrogen-bond acceptors (Lipinski definition) is 3. The van der Waals surface area contributed by atoms with E-state index in [1.807, 2.05) is 6.07 Å². The molecule has 1 aromatic carbocycles. The molecule has 0 heterocycles. The number of carboxylic acids is 1. The van der Waals surface area contributed by atoms with Crippen LogP contribution in [0.25, 0.3) is 0 Å². The summed E-state index contributed by atoms with van der Waals surface area (Å²) in [6, 6.07) is 4.89. The number of carboxylic acid groups (broad SMARTS) is 1. The molecule has 0 saturated heterocycles. The van der Waals surface area contributed by atoms with Gasteiger partial charge < -0.3 is 5.11 Å². The summed E-state index contributed by atoms with van der Waals surface area (Å²) in [5.74, 6) is -1.10. The highest BCUT2D eigenvalue weighted by molar-refractivity contribution is 7.80. The SMILES string of the molecule is Cc1cc(S)cc(C(=O)O)c1C#N. The number of aryl methyl sites for hydroxylation is 1. The molecule has 0 atom stereocenters. The molecular weight excluding hydrogens is 186 g/mol. The van der Waals surface area contributed by atoms with E-state index in [-0.39, 0.29) is 11.1 Å². The van der Waals surface area contributed by atoms with Gasteiger partial charge in [0.05, 0.1) is 11.1 Å². The van der Waals surface area contributed by atoms with Crippen molar-refractivity contribution in [3.63, 3.8) is 0 Å². The monoisotopic (exact) mass is 193 g/mol. The Labute approximate surface area is 81.0 Å². The van der Waals surface area contributed by atoms with E-state index in [1.165, 1.54) is 6.07 Å². The Kier molecular flexibility index (Phi) is 2.59. The average molecular weight is 193 g/mol. The fourth-order valence-electron chi connectivity index (χ4n) is 1.09. The summed E-state index contributed by atoms with van der Waals surface area (Å²) in [5, 5.41) is 17.5. The van der Waals surface area contributed by atoms with E-state index in [4.69, 9.17) is 10.4 Å². The van der Waals surface area contributed by atoms with Gasteiger partial charge in [-0.05, 0) is 24.6 Å². The standard InChI is InChI=1S/C9H7NO2S/c1-5-2-6(13)3-7(9(11)12)8(5)4-10/h2-3,13H,1H3,(H,11,12). The quantitative estimate of drug-likeness (QED) is 0.669. The zero-order valence-corrected chi connectivity index (χ0v) is 7.80. The highest BCUT2D eigenvalue weighted by Crippen LogP contribution is 2.18. The third-order valence-electron chi connectivity index (χ3n) is 1.66. The Morgan fingerprint density at radius 3 is 2.69 bits per heavy atom. The molecule has 0 aliphatic rings. The lowest BCUT2D eigenvalue weighted by atomic mass is 10.0. The third kappa shape index (κ3) is 1.82. The van der Waals surface area contributed by atoms with Gasteiger partial charge in [0.2, 0.25) is 0 Å². The largest absolute Gasteiger partial charge is 0.478 e. The zero-order valence-electron chi connectivity index (χ0n) is 6.90. The highest BCUT2D eigenvalue weighted by atomic mass is 32.1. The lowest BCUT2D eigenvalue weighted by molar-refractivity contribution is 0.0696. The van der Waals surface area contributed by atoms with E-state index in [2.05, 4.69) is 12.6 Å². The molecule has 4 heteroatoms. The van der Waals surface area contributed by atoms with Crippen molar-refractivity contribution in [2.24, 2.45) is 0 Å². The van der Waals surface area contributed by atoms with E-state index < -0.39 is 5.97 Å². The Bertz CT molecular complexity index is 407. The number of rotatable bonds is 1. The van der Waals surface area contributed by atoms with Gasteiger partial charge in [0.1, 0.15) is 6.07 Å². The zero-order chi connectivity index (χ0) is 10.0. The van der Waals surface area contributed by atoms with Crippen molar-refractivity contribution in [3.8, 4) is 6.07 Å². The minimum atomic E-state index is -1.10. The predicted octanol–water partition coefficient (Wildman–Crippen LogP) is 1.85. The number of hydrogen-bond donors (Lipinski definition) is 2. The number of nitriles is 1. The lowest BCUT2D eigenvalue weighted by Gasteiger charge is -2.03. The van der Waals surface area contributed by atoms with Crippen molar-refractivity contribution >= 4 is 18.6 Å². The summed E-state index contributed by atoms with van der Waals surface area (Å²) in [5.41, 5.74) is 0.838. The van der Waals surface area contributed by atoms with Crippen LogP contribution < -0.4 is 0 Å². The summed E-state index contributed by atoms with van der Waals surface area (Å²) < 4.78 is 0. The molecule has 0 amide bonds. The molecule has 0 spiro atoms. The molecule has 0 radical (unpaired) electrons. The molecule has 1 N–H and O–H groups in total. The number of carbonyl (C=O) groups is 1. The van der Waals surface area contributed by atoms with Crippen LogP contribution in [0.15, 0.2) is 17.0 Å². The van der Waals surface area contributed by atoms with Crippen LogP contribution in [0, 0.1) is 18.3 Å². The summed E-state index contributed by atoms with van der Waals surface area (Å²) in [4.78, 5) is 11.2. The van der Waals surface area contributed by atoms with Gasteiger partial charge in [0.15, 0.2) is 0 Å². The number of thiol groups is 1. The average Bonchev–Trinajstić information content (AvgIpc) is 2.02. The van der Waals surface area contributed by atoms with Crippen molar-refractivity contribution in [1.29, 1.82) is 5.26 Å².